The third-order valence-electron chi connectivity index (χ3n) is 5.67. The van der Waals surface area contributed by atoms with Crippen molar-refractivity contribution in [3.05, 3.63) is 113 Å². The van der Waals surface area contributed by atoms with Crippen LogP contribution in [0.4, 0.5) is 22.7 Å². The number of nitro groups is 1. The number of anilines is 3. The van der Waals surface area contributed by atoms with Crippen LogP contribution < -0.4 is 107 Å². The van der Waals surface area contributed by atoms with Crippen molar-refractivity contribution in [1.29, 1.82) is 0 Å². The molecule has 3 aromatic rings. The number of nitro benzene ring substituents is 1. The smallest absolute Gasteiger partial charge is 0.870 e. The number of aliphatic carboxylic acids is 1. The van der Waals surface area contributed by atoms with Crippen LogP contribution in [0.2, 0.25) is 5.02 Å². The van der Waals surface area contributed by atoms with Gasteiger partial charge in [0.25, 0.3) is 15.8 Å². The number of benzene rings is 3. The van der Waals surface area contributed by atoms with Crippen molar-refractivity contribution in [2.45, 2.75) is 4.90 Å². The molecular formula is C25H14ClN7Na2O11S. The predicted octanol–water partition coefficient (Wildman–Crippen LogP) is -7.39. The van der Waals surface area contributed by atoms with Gasteiger partial charge >= 0.3 is 59.1 Å². The van der Waals surface area contributed by atoms with E-state index >= 15 is 0 Å². The molecule has 0 unspecified atom stereocenters. The fraction of sp³-hybridized carbons (Fsp3) is 0. The molecule has 230 valence electrons. The summed E-state index contributed by atoms with van der Waals surface area (Å²) in [5, 5.41) is 43.7. The Bertz CT molecular complexity index is 2220. The van der Waals surface area contributed by atoms with Crippen LogP contribution in [0.25, 0.3) is 0 Å². The van der Waals surface area contributed by atoms with E-state index in [0.29, 0.717) is 12.1 Å². The minimum atomic E-state index is -4.80. The zero-order valence-corrected chi connectivity index (χ0v) is 29.5. The van der Waals surface area contributed by atoms with Crippen LogP contribution in [-0.2, 0) is 19.7 Å². The van der Waals surface area contributed by atoms with Crippen LogP contribution in [0, 0.1) is 10.1 Å². The SMILES string of the molecule is O=C([O-])C1=C/C(=N\N=c2\cc(NNc3cc(S(=O)(=O)O)cc(Cl)c3[O-])c(=O)/c(=N\Nc3ccc([N+](=O)[O-])cc3)c2=O)C=CC1=O.[Na+].[Na+]. The first kappa shape index (κ1) is 39.1. The normalized spacial score (nSPS) is 14.1. The average molecular weight is 702 g/mol. The average Bonchev–Trinajstić information content (AvgIpc) is 2.98. The van der Waals surface area contributed by atoms with Crippen molar-refractivity contribution < 1.29 is 96.8 Å². The summed E-state index contributed by atoms with van der Waals surface area (Å²) < 4.78 is 32.4. The number of carbonyl (C=O) groups excluding carboxylic acids is 2. The van der Waals surface area contributed by atoms with Crippen molar-refractivity contribution >= 4 is 61.9 Å². The number of carboxylic acid groups (broad SMARTS) is 1. The summed E-state index contributed by atoms with van der Waals surface area (Å²) in [5.74, 6) is -3.61. The molecule has 0 atom stereocenters. The summed E-state index contributed by atoms with van der Waals surface area (Å²) >= 11 is 5.77. The second-order valence-corrected chi connectivity index (χ2v) is 10.5. The van der Waals surface area contributed by atoms with Crippen LogP contribution in [0.3, 0.4) is 0 Å². The number of halogens is 1. The zero-order valence-electron chi connectivity index (χ0n) is 23.9. The number of non-ortho nitro benzene ring substituents is 1. The molecule has 0 spiro atoms. The van der Waals surface area contributed by atoms with Crippen molar-refractivity contribution in [1.82, 2.24) is 0 Å². The van der Waals surface area contributed by atoms with Gasteiger partial charge in [0.2, 0.25) is 10.9 Å². The molecule has 18 nitrogen and oxygen atoms in total. The summed E-state index contributed by atoms with van der Waals surface area (Å²) in [6.07, 6.45) is 2.79. The van der Waals surface area contributed by atoms with Gasteiger partial charge in [0.15, 0.2) is 11.1 Å². The van der Waals surface area contributed by atoms with E-state index < -0.39 is 81.0 Å². The first-order valence-electron chi connectivity index (χ1n) is 11.9. The Morgan fingerprint density at radius 2 is 1.57 bits per heavy atom. The Morgan fingerprint density at radius 1 is 0.936 bits per heavy atom. The maximum Gasteiger partial charge on any atom is 1.00 e. The van der Waals surface area contributed by atoms with Crippen LogP contribution in [0.1, 0.15) is 0 Å². The quantitative estimate of drug-likeness (QED) is 0.0403. The second kappa shape index (κ2) is 16.2. The molecule has 22 heteroatoms. The summed E-state index contributed by atoms with van der Waals surface area (Å²) in [5.41, 5.74) is 2.64. The van der Waals surface area contributed by atoms with E-state index in [1.54, 1.807) is 0 Å². The molecule has 4 rings (SSSR count). The number of hydrogen-bond donors (Lipinski definition) is 4. The van der Waals surface area contributed by atoms with Gasteiger partial charge in [0.1, 0.15) is 11.0 Å². The topological polar surface area (TPSA) is 285 Å². The number of carbonyl (C=O) groups is 2. The minimum Gasteiger partial charge on any atom is -0.870 e. The van der Waals surface area contributed by atoms with Crippen molar-refractivity contribution in [3.63, 3.8) is 0 Å². The summed E-state index contributed by atoms with van der Waals surface area (Å²) in [4.78, 5) is 58.7. The number of nitrogens with zero attached hydrogens (tertiary/aromatic N) is 4. The summed E-state index contributed by atoms with van der Waals surface area (Å²) in [6, 6.07) is 6.96. The molecule has 0 aliphatic heterocycles. The van der Waals surface area contributed by atoms with E-state index in [2.05, 4.69) is 31.6 Å². The fourth-order valence-corrected chi connectivity index (χ4v) is 4.28. The molecule has 0 aromatic heterocycles. The third kappa shape index (κ3) is 9.50. The molecule has 0 bridgehead atoms. The van der Waals surface area contributed by atoms with Gasteiger partial charge in [-0.15, -0.1) is 5.10 Å². The molecule has 1 aliphatic carbocycles. The molecule has 0 amide bonds. The van der Waals surface area contributed by atoms with E-state index in [9.17, 15) is 52.5 Å². The van der Waals surface area contributed by atoms with Gasteiger partial charge in [-0.2, -0.15) is 18.6 Å². The Balaban J connectivity index is 0.00000384. The zero-order chi connectivity index (χ0) is 33.1. The summed E-state index contributed by atoms with van der Waals surface area (Å²) in [7, 11) is -4.80. The maximum atomic E-state index is 13.2. The van der Waals surface area contributed by atoms with Crippen LogP contribution >= 0.6 is 11.6 Å². The van der Waals surface area contributed by atoms with Crippen LogP contribution in [0.5, 0.6) is 5.75 Å². The standard InChI is InChI=1S/C25H16ClN7O11S.2Na/c26-16-8-14(45(42,43)44)9-17(22(16)35)30-31-19-10-18(29-28-12-3-6-20(34)15(7-12)25(38)39)23(36)21(24(19)37)32-27-11-1-4-13(5-2-11)33(40)41;;/h1-10,27,30-31,35H,(H,38,39)(H,42,43,44);;/q;2*+1/p-2/b28-12-,29-18-,32-21-;;. The Hall–Kier alpha value is -4.05. The van der Waals surface area contributed by atoms with Crippen molar-refractivity contribution in [2.24, 2.45) is 15.3 Å². The first-order chi connectivity index (χ1) is 21.1. The molecule has 0 saturated carbocycles. The third-order valence-corrected chi connectivity index (χ3v) is 6.78. The number of hydrogen-bond acceptors (Lipinski definition) is 16. The molecule has 0 radical (unpaired) electrons. The fourth-order valence-electron chi connectivity index (χ4n) is 3.46. The summed E-state index contributed by atoms with van der Waals surface area (Å²) in [6.45, 7) is 0. The number of allylic oxidation sites excluding steroid dienone is 3. The minimum absolute atomic E-state index is 0. The second-order valence-electron chi connectivity index (χ2n) is 8.65. The maximum absolute atomic E-state index is 13.2. The molecule has 1 aliphatic rings. The number of carboxylic acids is 1. The van der Waals surface area contributed by atoms with Gasteiger partial charge in [0.05, 0.1) is 27.2 Å². The largest absolute Gasteiger partial charge is 1.00 e. The number of nitrogens with one attached hydrogen (secondary N) is 3. The van der Waals surface area contributed by atoms with Gasteiger partial charge in [-0.3, -0.25) is 39.9 Å². The van der Waals surface area contributed by atoms with E-state index in [4.69, 9.17) is 11.6 Å². The molecule has 3 aromatic carbocycles. The number of rotatable bonds is 9. The molecular weight excluding hydrogens is 688 g/mol. The van der Waals surface area contributed by atoms with Crippen LogP contribution in [0.15, 0.2) is 96.1 Å². The van der Waals surface area contributed by atoms with E-state index in [1.165, 1.54) is 12.1 Å². The predicted molar refractivity (Wildman–Crippen MR) is 152 cm³/mol. The first-order valence-corrected chi connectivity index (χ1v) is 13.7. The number of hydrazine groups is 1. The van der Waals surface area contributed by atoms with E-state index in [0.717, 1.165) is 36.4 Å². The number of ketones is 1. The van der Waals surface area contributed by atoms with Gasteiger partial charge in [-0.25, -0.2) is 0 Å². The van der Waals surface area contributed by atoms with E-state index in [1.807, 2.05) is 0 Å². The Kier molecular flexibility index (Phi) is 13.5. The molecule has 4 N–H and O–H groups in total. The molecule has 47 heavy (non-hydrogen) atoms. The van der Waals surface area contributed by atoms with Gasteiger partial charge in [0, 0.05) is 28.4 Å². The Morgan fingerprint density at radius 3 is 2.17 bits per heavy atom. The van der Waals surface area contributed by atoms with Crippen molar-refractivity contribution in [3.8, 4) is 5.75 Å². The molecule has 0 fully saturated rings. The van der Waals surface area contributed by atoms with Crippen LogP contribution in [-0.4, -0.2) is 35.4 Å². The monoisotopic (exact) mass is 701 g/mol. The van der Waals surface area contributed by atoms with Gasteiger partial charge < -0.3 is 20.4 Å². The van der Waals surface area contributed by atoms with Gasteiger partial charge in [-0.1, -0.05) is 17.4 Å². The van der Waals surface area contributed by atoms with Gasteiger partial charge in [-0.05, 0) is 48.6 Å². The Labute approximate surface area is 311 Å². The van der Waals surface area contributed by atoms with E-state index in [-0.39, 0.29) is 76.2 Å². The molecule has 0 saturated heterocycles. The van der Waals surface area contributed by atoms with Crippen molar-refractivity contribution in [2.75, 3.05) is 16.3 Å². The molecule has 0 heterocycles.